The van der Waals surface area contributed by atoms with Gasteiger partial charge in [0.15, 0.2) is 0 Å². The zero-order chi connectivity index (χ0) is 13.3. The predicted octanol–water partition coefficient (Wildman–Crippen LogP) is 3.01. The van der Waals surface area contributed by atoms with Crippen molar-refractivity contribution in [2.75, 3.05) is 12.8 Å². The molecule has 0 radical (unpaired) electrons. The van der Waals surface area contributed by atoms with Crippen LogP contribution in [0, 0.1) is 6.92 Å². The Labute approximate surface area is 109 Å². The number of hydrogen-bond donors (Lipinski definition) is 2. The summed E-state index contributed by atoms with van der Waals surface area (Å²) in [7, 11) is 1.61. The molecule has 0 fully saturated rings. The lowest BCUT2D eigenvalue weighted by Gasteiger charge is -2.07. The average Bonchev–Trinajstić information content (AvgIpc) is 2.71. The molecule has 2 rings (SSSR count). The normalized spacial score (nSPS) is 10.3. The quantitative estimate of drug-likeness (QED) is 0.892. The van der Waals surface area contributed by atoms with Crippen LogP contribution in [0.1, 0.15) is 15.2 Å². The van der Waals surface area contributed by atoms with E-state index in [-0.39, 0.29) is 4.88 Å². The zero-order valence-corrected chi connectivity index (χ0v) is 10.9. The third-order valence-electron chi connectivity index (χ3n) is 2.73. The molecule has 3 N–H and O–H groups in total. The largest absolute Gasteiger partial charge is 0.496 e. The van der Waals surface area contributed by atoms with Crippen LogP contribution >= 0.6 is 11.3 Å². The number of methoxy groups -OCH3 is 1. The molecule has 0 bridgehead atoms. The second-order valence-electron chi connectivity index (χ2n) is 3.88. The first-order valence-electron chi connectivity index (χ1n) is 5.30. The van der Waals surface area contributed by atoms with Crippen LogP contribution in [0.2, 0.25) is 0 Å². The third-order valence-corrected chi connectivity index (χ3v) is 3.71. The molecular weight excluding hydrogens is 250 g/mol. The summed E-state index contributed by atoms with van der Waals surface area (Å²) >= 11 is 1.14. The predicted molar refractivity (Wildman–Crippen MR) is 72.4 cm³/mol. The Balaban J connectivity index is 2.49. The molecule has 0 aliphatic rings. The van der Waals surface area contributed by atoms with Gasteiger partial charge in [-0.2, -0.15) is 0 Å². The lowest BCUT2D eigenvalue weighted by Crippen LogP contribution is -1.98. The average molecular weight is 263 g/mol. The van der Waals surface area contributed by atoms with Gasteiger partial charge >= 0.3 is 5.97 Å². The highest BCUT2D eigenvalue weighted by Crippen LogP contribution is 2.35. The molecule has 1 aromatic heterocycles. The van der Waals surface area contributed by atoms with Gasteiger partial charge in [0.2, 0.25) is 0 Å². The number of aromatic carboxylic acids is 1. The van der Waals surface area contributed by atoms with E-state index in [1.54, 1.807) is 12.5 Å². The number of aryl methyl sites for hydroxylation is 1. The van der Waals surface area contributed by atoms with Crippen molar-refractivity contribution in [3.8, 4) is 16.9 Å². The van der Waals surface area contributed by atoms with E-state index in [0.29, 0.717) is 5.69 Å². The second-order valence-corrected chi connectivity index (χ2v) is 4.76. The molecule has 0 unspecified atom stereocenters. The number of nitrogens with two attached hydrogens (primary N) is 1. The van der Waals surface area contributed by atoms with Gasteiger partial charge in [-0.25, -0.2) is 4.79 Å². The van der Waals surface area contributed by atoms with Crippen LogP contribution in [0.4, 0.5) is 5.69 Å². The van der Waals surface area contributed by atoms with E-state index >= 15 is 0 Å². The number of ether oxygens (including phenoxy) is 1. The van der Waals surface area contributed by atoms with E-state index in [4.69, 9.17) is 15.6 Å². The van der Waals surface area contributed by atoms with Crippen molar-refractivity contribution in [1.29, 1.82) is 0 Å². The molecular formula is C13H13NO3S. The number of hydrogen-bond acceptors (Lipinski definition) is 4. The zero-order valence-electron chi connectivity index (χ0n) is 10.1. The molecule has 0 amide bonds. The van der Waals surface area contributed by atoms with Gasteiger partial charge in [-0.3, -0.25) is 0 Å². The molecule has 0 aliphatic carbocycles. The first kappa shape index (κ1) is 12.4. The molecule has 1 aromatic carbocycles. The van der Waals surface area contributed by atoms with Crippen LogP contribution in [0.25, 0.3) is 11.1 Å². The van der Waals surface area contributed by atoms with E-state index in [1.165, 1.54) is 0 Å². The molecule has 0 atom stereocenters. The Morgan fingerprint density at radius 1 is 1.44 bits per heavy atom. The van der Waals surface area contributed by atoms with Crippen molar-refractivity contribution in [3.05, 3.63) is 34.0 Å². The number of nitrogen functional groups attached to an aromatic ring is 1. The lowest BCUT2D eigenvalue weighted by molar-refractivity contribution is 0.0703. The van der Waals surface area contributed by atoms with E-state index in [1.807, 2.05) is 25.1 Å². The number of anilines is 1. The highest BCUT2D eigenvalue weighted by molar-refractivity contribution is 7.13. The monoisotopic (exact) mass is 263 g/mol. The van der Waals surface area contributed by atoms with Gasteiger partial charge < -0.3 is 15.6 Å². The minimum absolute atomic E-state index is 0.179. The summed E-state index contributed by atoms with van der Waals surface area (Å²) in [5.74, 6) is -0.194. The first-order chi connectivity index (χ1) is 8.54. The van der Waals surface area contributed by atoms with Gasteiger partial charge in [-0.15, -0.1) is 11.3 Å². The number of rotatable bonds is 3. The summed E-state index contributed by atoms with van der Waals surface area (Å²) in [6, 6.07) is 5.65. The first-order valence-corrected chi connectivity index (χ1v) is 6.17. The van der Waals surface area contributed by atoms with Crippen LogP contribution in [-0.4, -0.2) is 18.2 Å². The fraction of sp³-hybridized carbons (Fsp3) is 0.154. The molecule has 0 saturated carbocycles. The molecule has 94 valence electrons. The van der Waals surface area contributed by atoms with Crippen LogP contribution in [0.5, 0.6) is 5.75 Å². The Morgan fingerprint density at radius 2 is 2.17 bits per heavy atom. The maximum Gasteiger partial charge on any atom is 0.348 e. The Bertz CT molecular complexity index is 604. The van der Waals surface area contributed by atoms with Crippen LogP contribution < -0.4 is 10.5 Å². The fourth-order valence-electron chi connectivity index (χ4n) is 1.80. The summed E-state index contributed by atoms with van der Waals surface area (Å²) in [6.45, 7) is 1.93. The van der Waals surface area contributed by atoms with Crippen molar-refractivity contribution in [3.63, 3.8) is 0 Å². The summed E-state index contributed by atoms with van der Waals surface area (Å²) < 4.78 is 5.19. The molecule has 5 heteroatoms. The van der Waals surface area contributed by atoms with Crippen LogP contribution in [0.15, 0.2) is 23.6 Å². The summed E-state index contributed by atoms with van der Waals surface area (Å²) in [4.78, 5) is 11.1. The number of carbonyl (C=O) groups is 1. The van der Waals surface area contributed by atoms with Crippen LogP contribution in [-0.2, 0) is 0 Å². The van der Waals surface area contributed by atoms with Crippen molar-refractivity contribution in [2.24, 2.45) is 0 Å². The van der Waals surface area contributed by atoms with Gasteiger partial charge in [-0.1, -0.05) is 6.07 Å². The van der Waals surface area contributed by atoms with Gasteiger partial charge in [0.05, 0.1) is 12.8 Å². The second kappa shape index (κ2) is 4.70. The number of benzene rings is 1. The molecule has 4 nitrogen and oxygen atoms in total. The van der Waals surface area contributed by atoms with Crippen molar-refractivity contribution >= 4 is 23.0 Å². The number of thiophene rings is 1. The van der Waals surface area contributed by atoms with Gasteiger partial charge in [0, 0.05) is 10.9 Å². The third kappa shape index (κ3) is 2.04. The smallest absolute Gasteiger partial charge is 0.348 e. The molecule has 0 aliphatic heterocycles. The van der Waals surface area contributed by atoms with Gasteiger partial charge in [-0.05, 0) is 30.2 Å². The Kier molecular flexibility index (Phi) is 3.25. The summed E-state index contributed by atoms with van der Waals surface area (Å²) in [5.41, 5.74) is 8.81. The molecule has 0 spiro atoms. The van der Waals surface area contributed by atoms with Gasteiger partial charge in [0.1, 0.15) is 10.6 Å². The van der Waals surface area contributed by atoms with E-state index in [9.17, 15) is 4.79 Å². The van der Waals surface area contributed by atoms with Crippen molar-refractivity contribution in [1.82, 2.24) is 0 Å². The molecule has 2 aromatic rings. The van der Waals surface area contributed by atoms with Crippen LogP contribution in [0.3, 0.4) is 0 Å². The van der Waals surface area contributed by atoms with Gasteiger partial charge in [0.25, 0.3) is 0 Å². The maximum atomic E-state index is 10.9. The summed E-state index contributed by atoms with van der Waals surface area (Å²) in [6.07, 6.45) is 0. The SMILES string of the molecule is COc1ccc(-c2csc(C(=O)O)c2N)cc1C. The van der Waals surface area contributed by atoms with E-state index in [0.717, 1.165) is 33.8 Å². The van der Waals surface area contributed by atoms with E-state index in [2.05, 4.69) is 0 Å². The topological polar surface area (TPSA) is 72.5 Å². The van der Waals surface area contributed by atoms with Crippen molar-refractivity contribution in [2.45, 2.75) is 6.92 Å². The highest BCUT2D eigenvalue weighted by atomic mass is 32.1. The molecule has 18 heavy (non-hydrogen) atoms. The molecule has 1 heterocycles. The summed E-state index contributed by atoms with van der Waals surface area (Å²) in [5, 5.41) is 10.7. The minimum atomic E-state index is -0.992. The lowest BCUT2D eigenvalue weighted by atomic mass is 10.0. The minimum Gasteiger partial charge on any atom is -0.496 e. The molecule has 0 saturated heterocycles. The fourth-order valence-corrected chi connectivity index (χ4v) is 2.64. The standard InChI is InChI=1S/C13H13NO3S/c1-7-5-8(3-4-10(7)17-2)9-6-18-12(11(9)14)13(15)16/h3-6H,14H2,1-2H3,(H,15,16). The maximum absolute atomic E-state index is 10.9. The number of carboxylic acid groups (broad SMARTS) is 1. The Hall–Kier alpha value is -2.01. The van der Waals surface area contributed by atoms with E-state index < -0.39 is 5.97 Å². The Morgan fingerprint density at radius 3 is 2.67 bits per heavy atom. The highest BCUT2D eigenvalue weighted by Gasteiger charge is 2.16. The number of carboxylic acids is 1. The van der Waals surface area contributed by atoms with Crippen molar-refractivity contribution < 1.29 is 14.6 Å².